The summed E-state index contributed by atoms with van der Waals surface area (Å²) in [5, 5.41) is 5.89. The zero-order chi connectivity index (χ0) is 12.8. The second kappa shape index (κ2) is 6.66. The Balaban J connectivity index is 2.08. The molecular weight excluding hydrogens is 242 g/mol. The van der Waals surface area contributed by atoms with Crippen LogP contribution >= 0.6 is 12.6 Å². The normalized spacial score (nSPS) is 10.8. The van der Waals surface area contributed by atoms with E-state index in [4.69, 9.17) is 4.74 Å². The maximum absolute atomic E-state index is 5.22. The molecule has 18 heavy (non-hydrogen) atoms. The lowest BCUT2D eigenvalue weighted by molar-refractivity contribution is 0.415. The number of rotatable bonds is 6. The minimum atomic E-state index is 0.905. The van der Waals surface area contributed by atoms with Gasteiger partial charge in [-0.3, -0.25) is 0 Å². The van der Waals surface area contributed by atoms with E-state index in [2.05, 4.69) is 48.3 Å². The monoisotopic (exact) mass is 261 g/mol. The highest BCUT2D eigenvalue weighted by Gasteiger charge is 1.98. The summed E-state index contributed by atoms with van der Waals surface area (Å²) in [6, 6.07) is 12.7. The van der Waals surface area contributed by atoms with E-state index in [1.165, 1.54) is 16.3 Å². The summed E-state index contributed by atoms with van der Waals surface area (Å²) in [4.78, 5) is 0. The topological polar surface area (TPSA) is 21.3 Å². The van der Waals surface area contributed by atoms with Crippen molar-refractivity contribution in [3.63, 3.8) is 0 Å². The lowest BCUT2D eigenvalue weighted by Crippen LogP contribution is -2.14. The highest BCUT2D eigenvalue weighted by Crippen LogP contribution is 2.21. The third-order valence-electron chi connectivity index (χ3n) is 2.95. The van der Waals surface area contributed by atoms with Crippen molar-refractivity contribution < 1.29 is 4.74 Å². The summed E-state index contributed by atoms with van der Waals surface area (Å²) in [5.74, 6) is 1.84. The molecule has 3 heteroatoms. The maximum atomic E-state index is 5.22. The Bertz CT molecular complexity index is 513. The van der Waals surface area contributed by atoms with E-state index in [1.54, 1.807) is 7.11 Å². The number of ether oxygens (including phenoxy) is 1. The first-order valence-electron chi connectivity index (χ1n) is 6.22. The van der Waals surface area contributed by atoms with Gasteiger partial charge in [-0.05, 0) is 53.3 Å². The van der Waals surface area contributed by atoms with Crippen LogP contribution < -0.4 is 10.1 Å². The van der Waals surface area contributed by atoms with Gasteiger partial charge in [0.1, 0.15) is 5.75 Å². The molecule has 0 aromatic heterocycles. The Morgan fingerprint density at radius 3 is 2.67 bits per heavy atom. The summed E-state index contributed by atoms with van der Waals surface area (Å²) in [7, 11) is 1.70. The molecule has 0 saturated heterocycles. The zero-order valence-corrected chi connectivity index (χ0v) is 11.5. The molecule has 1 N–H and O–H groups in total. The smallest absolute Gasteiger partial charge is 0.119 e. The molecule has 2 rings (SSSR count). The number of thiol groups is 1. The van der Waals surface area contributed by atoms with E-state index in [-0.39, 0.29) is 0 Å². The molecule has 0 heterocycles. The van der Waals surface area contributed by atoms with Crippen LogP contribution in [0.1, 0.15) is 12.0 Å². The minimum absolute atomic E-state index is 0.905. The fourth-order valence-electron chi connectivity index (χ4n) is 1.95. The van der Waals surface area contributed by atoms with Crippen molar-refractivity contribution in [2.45, 2.75) is 13.0 Å². The highest BCUT2D eigenvalue weighted by atomic mass is 32.1. The second-order valence-corrected chi connectivity index (χ2v) is 4.75. The summed E-state index contributed by atoms with van der Waals surface area (Å²) in [6.07, 6.45) is 1.11. The first-order valence-corrected chi connectivity index (χ1v) is 6.85. The van der Waals surface area contributed by atoms with Crippen LogP contribution in [0.3, 0.4) is 0 Å². The van der Waals surface area contributed by atoms with E-state index < -0.39 is 0 Å². The minimum Gasteiger partial charge on any atom is -0.497 e. The van der Waals surface area contributed by atoms with Crippen LogP contribution in [0.4, 0.5) is 0 Å². The summed E-state index contributed by atoms with van der Waals surface area (Å²) in [6.45, 7) is 1.93. The predicted octanol–water partition coefficient (Wildman–Crippen LogP) is 3.26. The molecule has 0 aliphatic heterocycles. The van der Waals surface area contributed by atoms with Gasteiger partial charge in [-0.15, -0.1) is 0 Å². The number of benzene rings is 2. The van der Waals surface area contributed by atoms with Gasteiger partial charge in [-0.1, -0.05) is 18.2 Å². The number of nitrogens with one attached hydrogen (secondary N) is 1. The van der Waals surface area contributed by atoms with Crippen LogP contribution in [0.15, 0.2) is 36.4 Å². The number of hydrogen-bond donors (Lipinski definition) is 2. The quantitative estimate of drug-likeness (QED) is 0.615. The molecule has 0 aliphatic carbocycles. The SMILES string of the molecule is COc1ccc2cc(CNCCCS)ccc2c1. The van der Waals surface area contributed by atoms with Crippen molar-refractivity contribution in [2.75, 3.05) is 19.4 Å². The number of fused-ring (bicyclic) bond motifs is 1. The van der Waals surface area contributed by atoms with Crippen LogP contribution in [0.2, 0.25) is 0 Å². The van der Waals surface area contributed by atoms with Crippen LogP contribution in [0, 0.1) is 0 Å². The molecule has 0 amide bonds. The predicted molar refractivity (Wildman–Crippen MR) is 80.7 cm³/mol. The van der Waals surface area contributed by atoms with E-state index >= 15 is 0 Å². The molecule has 0 spiro atoms. The van der Waals surface area contributed by atoms with E-state index in [9.17, 15) is 0 Å². The fourth-order valence-corrected chi connectivity index (χ4v) is 2.11. The Morgan fingerprint density at radius 2 is 1.89 bits per heavy atom. The van der Waals surface area contributed by atoms with E-state index in [1.807, 2.05) is 6.07 Å². The van der Waals surface area contributed by atoms with Gasteiger partial charge in [0.25, 0.3) is 0 Å². The lowest BCUT2D eigenvalue weighted by Gasteiger charge is -2.07. The molecule has 0 saturated carbocycles. The molecule has 0 aliphatic rings. The van der Waals surface area contributed by atoms with Crippen molar-refractivity contribution in [1.82, 2.24) is 5.32 Å². The third-order valence-corrected chi connectivity index (χ3v) is 3.27. The van der Waals surface area contributed by atoms with Crippen LogP contribution in [-0.2, 0) is 6.54 Å². The van der Waals surface area contributed by atoms with Crippen molar-refractivity contribution in [1.29, 1.82) is 0 Å². The van der Waals surface area contributed by atoms with Crippen LogP contribution in [-0.4, -0.2) is 19.4 Å². The molecule has 0 atom stereocenters. The molecule has 2 aromatic rings. The largest absolute Gasteiger partial charge is 0.497 e. The van der Waals surface area contributed by atoms with Gasteiger partial charge in [0.05, 0.1) is 7.11 Å². The molecule has 0 fully saturated rings. The first-order chi connectivity index (χ1) is 8.83. The molecule has 2 nitrogen and oxygen atoms in total. The van der Waals surface area contributed by atoms with Crippen LogP contribution in [0.5, 0.6) is 5.75 Å². The highest BCUT2D eigenvalue weighted by molar-refractivity contribution is 7.80. The Morgan fingerprint density at radius 1 is 1.11 bits per heavy atom. The molecule has 0 unspecified atom stereocenters. The molecular formula is C15H19NOS. The summed E-state index contributed by atoms with van der Waals surface area (Å²) >= 11 is 4.20. The maximum Gasteiger partial charge on any atom is 0.119 e. The number of methoxy groups -OCH3 is 1. The molecule has 0 radical (unpaired) electrons. The van der Waals surface area contributed by atoms with Gasteiger partial charge in [-0.2, -0.15) is 12.6 Å². The zero-order valence-electron chi connectivity index (χ0n) is 10.6. The first kappa shape index (κ1) is 13.2. The van der Waals surface area contributed by atoms with Crippen molar-refractivity contribution in [3.8, 4) is 5.75 Å². The Kier molecular flexibility index (Phi) is 4.90. The lowest BCUT2D eigenvalue weighted by atomic mass is 10.1. The second-order valence-electron chi connectivity index (χ2n) is 4.30. The summed E-state index contributed by atoms with van der Waals surface area (Å²) in [5.41, 5.74) is 1.31. The Hall–Kier alpha value is -1.19. The average molecular weight is 261 g/mol. The van der Waals surface area contributed by atoms with Gasteiger partial charge in [0.2, 0.25) is 0 Å². The number of hydrogen-bond acceptors (Lipinski definition) is 3. The molecule has 2 aromatic carbocycles. The standard InChI is InChI=1S/C15H19NOS/c1-17-15-6-5-13-9-12(3-4-14(13)10-15)11-16-7-2-8-18/h3-6,9-10,16,18H,2,7-8,11H2,1H3. The van der Waals surface area contributed by atoms with Gasteiger partial charge in [0.15, 0.2) is 0 Å². The van der Waals surface area contributed by atoms with Gasteiger partial charge in [0, 0.05) is 6.54 Å². The Labute approximate surface area is 114 Å². The van der Waals surface area contributed by atoms with Crippen molar-refractivity contribution in [2.24, 2.45) is 0 Å². The fraction of sp³-hybridized carbons (Fsp3) is 0.333. The van der Waals surface area contributed by atoms with Crippen LogP contribution in [0.25, 0.3) is 10.8 Å². The molecule has 96 valence electrons. The average Bonchev–Trinajstić information content (AvgIpc) is 2.43. The van der Waals surface area contributed by atoms with Crippen molar-refractivity contribution in [3.05, 3.63) is 42.0 Å². The van der Waals surface area contributed by atoms with Gasteiger partial charge < -0.3 is 10.1 Å². The summed E-state index contributed by atoms with van der Waals surface area (Å²) < 4.78 is 5.22. The van der Waals surface area contributed by atoms with Gasteiger partial charge in [-0.25, -0.2) is 0 Å². The van der Waals surface area contributed by atoms with E-state index in [0.29, 0.717) is 0 Å². The molecule has 0 bridgehead atoms. The van der Waals surface area contributed by atoms with E-state index in [0.717, 1.165) is 31.0 Å². The van der Waals surface area contributed by atoms with Crippen molar-refractivity contribution >= 4 is 23.4 Å². The van der Waals surface area contributed by atoms with Gasteiger partial charge >= 0.3 is 0 Å². The third kappa shape index (κ3) is 3.40.